The molecule has 2 N–H and O–H groups in total. The fourth-order valence-corrected chi connectivity index (χ4v) is 2.71. The summed E-state index contributed by atoms with van der Waals surface area (Å²) in [5.41, 5.74) is 2.03. The molecule has 0 saturated heterocycles. The molecule has 116 valence electrons. The number of nitrogens with zero attached hydrogens (tertiary/aromatic N) is 1. The Morgan fingerprint density at radius 2 is 2.05 bits per heavy atom. The van der Waals surface area contributed by atoms with Gasteiger partial charge in [-0.05, 0) is 38.5 Å². The summed E-state index contributed by atoms with van der Waals surface area (Å²) in [5.74, 6) is 5.70. The molecule has 0 saturated carbocycles. The number of rotatable bonds is 5. The predicted molar refractivity (Wildman–Crippen MR) is 85.2 cm³/mol. The summed E-state index contributed by atoms with van der Waals surface area (Å²) in [5, 5.41) is 8.77. The zero-order valence-corrected chi connectivity index (χ0v) is 13.7. The summed E-state index contributed by atoms with van der Waals surface area (Å²) >= 11 is 0. The van der Waals surface area contributed by atoms with E-state index in [2.05, 4.69) is 16.6 Å². The minimum Gasteiger partial charge on any atom is -0.395 e. The van der Waals surface area contributed by atoms with Gasteiger partial charge >= 0.3 is 10.2 Å². The highest BCUT2D eigenvalue weighted by molar-refractivity contribution is 7.90. The van der Waals surface area contributed by atoms with Crippen LogP contribution in [0.15, 0.2) is 18.2 Å². The number of hydrogen-bond donors (Lipinski definition) is 2. The van der Waals surface area contributed by atoms with Gasteiger partial charge in [-0.2, -0.15) is 12.7 Å². The largest absolute Gasteiger partial charge is 0.395 e. The van der Waals surface area contributed by atoms with Crippen LogP contribution in [0.4, 0.5) is 5.69 Å². The number of hydrogen-bond acceptors (Lipinski definition) is 3. The van der Waals surface area contributed by atoms with Crippen LogP contribution in [0.25, 0.3) is 0 Å². The summed E-state index contributed by atoms with van der Waals surface area (Å²) in [4.78, 5) is 0. The molecule has 1 aromatic rings. The molecule has 6 heteroatoms. The van der Waals surface area contributed by atoms with E-state index < -0.39 is 10.2 Å². The second-order valence-electron chi connectivity index (χ2n) is 5.04. The molecule has 21 heavy (non-hydrogen) atoms. The van der Waals surface area contributed by atoms with Crippen LogP contribution in [0.1, 0.15) is 31.4 Å². The Labute approximate surface area is 127 Å². The Kier molecular flexibility index (Phi) is 6.21. The summed E-state index contributed by atoms with van der Waals surface area (Å²) in [6.45, 7) is 5.50. The van der Waals surface area contributed by atoms with E-state index in [1.807, 2.05) is 19.1 Å². The van der Waals surface area contributed by atoms with Crippen LogP contribution >= 0.6 is 0 Å². The molecule has 0 atom stereocenters. The van der Waals surface area contributed by atoms with Gasteiger partial charge in [0.25, 0.3) is 0 Å². The molecule has 0 fully saturated rings. The standard InChI is InChI=1S/C15H22N2O3S/c1-12(2)17(4)21(19,20)16-15-9-8-13(3)11-14(15)7-5-6-10-18/h8-9,11-12,16,18H,6,10H2,1-4H3. The Bertz CT molecular complexity index is 643. The zero-order valence-electron chi connectivity index (χ0n) is 12.8. The number of aryl methyl sites for hydroxylation is 1. The molecule has 0 aromatic heterocycles. The van der Waals surface area contributed by atoms with Crippen molar-refractivity contribution in [1.82, 2.24) is 4.31 Å². The van der Waals surface area contributed by atoms with E-state index in [1.54, 1.807) is 19.9 Å². The van der Waals surface area contributed by atoms with Gasteiger partial charge in [0.15, 0.2) is 0 Å². The van der Waals surface area contributed by atoms with Crippen molar-refractivity contribution in [2.45, 2.75) is 33.2 Å². The van der Waals surface area contributed by atoms with Crippen molar-refractivity contribution in [3.05, 3.63) is 29.3 Å². The fourth-order valence-electron chi connectivity index (χ4n) is 1.55. The highest BCUT2D eigenvalue weighted by Gasteiger charge is 2.21. The van der Waals surface area contributed by atoms with Crippen LogP contribution in [-0.2, 0) is 10.2 Å². The first kappa shape index (κ1) is 17.5. The number of aliphatic hydroxyl groups excluding tert-OH is 1. The van der Waals surface area contributed by atoms with Crippen LogP contribution in [0.3, 0.4) is 0 Å². The second kappa shape index (κ2) is 7.46. The van der Waals surface area contributed by atoms with Crippen molar-refractivity contribution in [2.75, 3.05) is 18.4 Å². The van der Waals surface area contributed by atoms with Gasteiger partial charge in [0.1, 0.15) is 0 Å². The third-order valence-corrected chi connectivity index (χ3v) is 4.64. The Morgan fingerprint density at radius 3 is 2.62 bits per heavy atom. The van der Waals surface area contributed by atoms with E-state index in [4.69, 9.17) is 5.11 Å². The van der Waals surface area contributed by atoms with Crippen molar-refractivity contribution in [1.29, 1.82) is 0 Å². The Hall–Kier alpha value is -1.55. The first-order valence-electron chi connectivity index (χ1n) is 6.74. The first-order valence-corrected chi connectivity index (χ1v) is 8.18. The molecule has 1 aromatic carbocycles. The van der Waals surface area contributed by atoms with E-state index >= 15 is 0 Å². The summed E-state index contributed by atoms with van der Waals surface area (Å²) < 4.78 is 28.3. The average molecular weight is 310 g/mol. The average Bonchev–Trinajstić information content (AvgIpc) is 2.40. The first-order chi connectivity index (χ1) is 9.77. The quantitative estimate of drug-likeness (QED) is 0.814. The van der Waals surface area contributed by atoms with E-state index in [1.165, 1.54) is 11.4 Å². The minimum absolute atomic E-state index is 0.0179. The molecular weight excluding hydrogens is 288 g/mol. The van der Waals surface area contributed by atoms with Crippen molar-refractivity contribution in [3.8, 4) is 11.8 Å². The molecule has 0 aliphatic heterocycles. The Morgan fingerprint density at radius 1 is 1.38 bits per heavy atom. The lowest BCUT2D eigenvalue weighted by Crippen LogP contribution is -2.37. The van der Waals surface area contributed by atoms with Gasteiger partial charge in [-0.15, -0.1) is 0 Å². The molecule has 0 bridgehead atoms. The van der Waals surface area contributed by atoms with Crippen LogP contribution in [0.5, 0.6) is 0 Å². The van der Waals surface area contributed by atoms with Gasteiger partial charge in [-0.3, -0.25) is 4.72 Å². The van der Waals surface area contributed by atoms with E-state index in [9.17, 15) is 8.42 Å². The number of nitrogens with one attached hydrogen (secondary N) is 1. The molecule has 0 heterocycles. The number of benzene rings is 1. The predicted octanol–water partition coefficient (Wildman–Crippen LogP) is 1.73. The van der Waals surface area contributed by atoms with Gasteiger partial charge in [-0.25, -0.2) is 0 Å². The SMILES string of the molecule is Cc1ccc(NS(=O)(=O)N(C)C(C)C)c(C#CCCO)c1. The smallest absolute Gasteiger partial charge is 0.301 e. The van der Waals surface area contributed by atoms with Crippen LogP contribution < -0.4 is 4.72 Å². The molecule has 0 radical (unpaired) electrons. The van der Waals surface area contributed by atoms with E-state index in [0.29, 0.717) is 17.7 Å². The van der Waals surface area contributed by atoms with Crippen molar-refractivity contribution in [2.24, 2.45) is 0 Å². The summed E-state index contributed by atoms with van der Waals surface area (Å²) in [7, 11) is -2.09. The van der Waals surface area contributed by atoms with Crippen LogP contribution in [-0.4, -0.2) is 37.5 Å². The van der Waals surface area contributed by atoms with Gasteiger partial charge in [-0.1, -0.05) is 17.9 Å². The fraction of sp³-hybridized carbons (Fsp3) is 0.467. The van der Waals surface area contributed by atoms with Gasteiger partial charge < -0.3 is 5.11 Å². The normalized spacial score (nSPS) is 11.4. The second-order valence-corrected chi connectivity index (χ2v) is 6.77. The third-order valence-electron chi connectivity index (χ3n) is 2.98. The lowest BCUT2D eigenvalue weighted by atomic mass is 10.1. The highest BCUT2D eigenvalue weighted by Crippen LogP contribution is 2.19. The monoisotopic (exact) mass is 310 g/mol. The maximum atomic E-state index is 12.2. The molecule has 1 rings (SSSR count). The maximum Gasteiger partial charge on any atom is 0.301 e. The van der Waals surface area contributed by atoms with Crippen molar-refractivity contribution >= 4 is 15.9 Å². The summed E-state index contributed by atoms with van der Waals surface area (Å²) in [6.07, 6.45) is 0.353. The summed E-state index contributed by atoms with van der Waals surface area (Å²) in [6, 6.07) is 5.20. The van der Waals surface area contributed by atoms with Gasteiger partial charge in [0.05, 0.1) is 12.3 Å². The minimum atomic E-state index is -3.61. The van der Waals surface area contributed by atoms with Crippen molar-refractivity contribution < 1.29 is 13.5 Å². The molecule has 0 amide bonds. The third kappa shape index (κ3) is 5.05. The van der Waals surface area contributed by atoms with E-state index in [0.717, 1.165) is 5.56 Å². The molecule has 5 nitrogen and oxygen atoms in total. The zero-order chi connectivity index (χ0) is 16.0. The maximum absolute atomic E-state index is 12.2. The van der Waals surface area contributed by atoms with E-state index in [-0.39, 0.29) is 12.6 Å². The molecule has 0 aliphatic rings. The molecule has 0 unspecified atom stereocenters. The van der Waals surface area contributed by atoms with Crippen molar-refractivity contribution in [3.63, 3.8) is 0 Å². The lowest BCUT2D eigenvalue weighted by Gasteiger charge is -2.22. The highest BCUT2D eigenvalue weighted by atomic mass is 32.2. The topological polar surface area (TPSA) is 69.6 Å². The number of anilines is 1. The Balaban J connectivity index is 3.12. The van der Waals surface area contributed by atoms with Crippen LogP contribution in [0, 0.1) is 18.8 Å². The number of aliphatic hydroxyl groups is 1. The van der Waals surface area contributed by atoms with Gasteiger partial charge in [0, 0.05) is 25.1 Å². The molecule has 0 aliphatic carbocycles. The molecular formula is C15H22N2O3S. The lowest BCUT2D eigenvalue weighted by molar-refractivity contribution is 0.305. The van der Waals surface area contributed by atoms with Gasteiger partial charge in [0.2, 0.25) is 0 Å². The van der Waals surface area contributed by atoms with Crippen LogP contribution in [0.2, 0.25) is 0 Å². The molecule has 0 spiro atoms.